The Bertz CT molecular complexity index is 912. The molecule has 0 unspecified atom stereocenters. The maximum absolute atomic E-state index is 12.1. The SMILES string of the molecule is Cc1ccc(Cl)cc1NC(=O)CSc1ncc(-c2cccc(Cl)c2)o1. The minimum atomic E-state index is -0.155. The molecule has 0 aliphatic carbocycles. The topological polar surface area (TPSA) is 55.1 Å². The van der Waals surface area contributed by atoms with E-state index in [9.17, 15) is 4.79 Å². The molecule has 0 radical (unpaired) electrons. The van der Waals surface area contributed by atoms with Gasteiger partial charge in [-0.25, -0.2) is 4.98 Å². The average molecular weight is 393 g/mol. The van der Waals surface area contributed by atoms with Crippen LogP contribution in [0.2, 0.25) is 10.0 Å². The molecule has 1 aromatic heterocycles. The molecular formula is C18H14Cl2N2O2S. The minimum absolute atomic E-state index is 0.155. The van der Waals surface area contributed by atoms with E-state index in [1.54, 1.807) is 30.5 Å². The monoisotopic (exact) mass is 392 g/mol. The molecule has 1 heterocycles. The third-order valence-corrected chi connectivity index (χ3v) is 4.71. The normalized spacial score (nSPS) is 10.7. The summed E-state index contributed by atoms with van der Waals surface area (Å²) in [6.07, 6.45) is 1.62. The Balaban J connectivity index is 1.60. The van der Waals surface area contributed by atoms with Crippen molar-refractivity contribution in [3.8, 4) is 11.3 Å². The molecule has 0 fully saturated rings. The van der Waals surface area contributed by atoms with Crippen LogP contribution >= 0.6 is 35.0 Å². The highest BCUT2D eigenvalue weighted by Gasteiger charge is 2.11. The van der Waals surface area contributed by atoms with E-state index in [1.165, 1.54) is 11.8 Å². The largest absolute Gasteiger partial charge is 0.431 e. The van der Waals surface area contributed by atoms with Crippen molar-refractivity contribution in [2.45, 2.75) is 12.1 Å². The Morgan fingerprint density at radius 3 is 2.80 bits per heavy atom. The number of rotatable bonds is 5. The van der Waals surface area contributed by atoms with E-state index in [1.807, 2.05) is 25.1 Å². The zero-order valence-electron chi connectivity index (χ0n) is 13.3. The summed E-state index contributed by atoms with van der Waals surface area (Å²) in [4.78, 5) is 16.3. The van der Waals surface area contributed by atoms with E-state index in [0.717, 1.165) is 11.1 Å². The zero-order chi connectivity index (χ0) is 17.8. The van der Waals surface area contributed by atoms with Gasteiger partial charge in [0, 0.05) is 21.3 Å². The van der Waals surface area contributed by atoms with Gasteiger partial charge in [-0.3, -0.25) is 4.79 Å². The van der Waals surface area contributed by atoms with Gasteiger partial charge < -0.3 is 9.73 Å². The van der Waals surface area contributed by atoms with Gasteiger partial charge >= 0.3 is 0 Å². The third-order valence-electron chi connectivity index (χ3n) is 3.39. The van der Waals surface area contributed by atoms with Crippen LogP contribution in [0, 0.1) is 6.92 Å². The van der Waals surface area contributed by atoms with Crippen LogP contribution in [-0.2, 0) is 4.79 Å². The first-order valence-corrected chi connectivity index (χ1v) is 9.16. The fourth-order valence-electron chi connectivity index (χ4n) is 2.14. The van der Waals surface area contributed by atoms with Crippen LogP contribution < -0.4 is 5.32 Å². The second-order valence-electron chi connectivity index (χ2n) is 5.30. The lowest BCUT2D eigenvalue weighted by Crippen LogP contribution is -2.14. The Kier molecular flexibility index (Phi) is 5.68. The first-order chi connectivity index (χ1) is 12.0. The van der Waals surface area contributed by atoms with E-state index in [0.29, 0.717) is 26.7 Å². The minimum Gasteiger partial charge on any atom is -0.431 e. The summed E-state index contributed by atoms with van der Waals surface area (Å²) in [7, 11) is 0. The summed E-state index contributed by atoms with van der Waals surface area (Å²) in [5.74, 6) is 0.635. The molecule has 0 bridgehead atoms. The van der Waals surface area contributed by atoms with Crippen LogP contribution in [0.1, 0.15) is 5.56 Å². The van der Waals surface area contributed by atoms with Crippen LogP contribution in [0.15, 0.2) is 58.3 Å². The highest BCUT2D eigenvalue weighted by Crippen LogP contribution is 2.27. The van der Waals surface area contributed by atoms with Crippen LogP contribution in [0.5, 0.6) is 0 Å². The summed E-state index contributed by atoms with van der Waals surface area (Å²) in [6.45, 7) is 1.91. The first kappa shape index (κ1) is 17.9. The van der Waals surface area contributed by atoms with Crippen molar-refractivity contribution in [2.24, 2.45) is 0 Å². The third kappa shape index (κ3) is 4.78. The molecule has 0 aliphatic rings. The Labute approximate surface area is 159 Å². The zero-order valence-corrected chi connectivity index (χ0v) is 15.6. The molecule has 0 spiro atoms. The lowest BCUT2D eigenvalue weighted by atomic mass is 10.2. The van der Waals surface area contributed by atoms with Crippen LogP contribution in [0.25, 0.3) is 11.3 Å². The predicted molar refractivity (Wildman–Crippen MR) is 102 cm³/mol. The van der Waals surface area contributed by atoms with Crippen LogP contribution in [0.4, 0.5) is 5.69 Å². The quantitative estimate of drug-likeness (QED) is 0.566. The van der Waals surface area contributed by atoms with Gasteiger partial charge in [0.05, 0.1) is 11.9 Å². The molecule has 25 heavy (non-hydrogen) atoms. The molecule has 4 nitrogen and oxygen atoms in total. The highest BCUT2D eigenvalue weighted by atomic mass is 35.5. The number of oxazole rings is 1. The van der Waals surface area contributed by atoms with Gasteiger partial charge in [0.25, 0.3) is 5.22 Å². The first-order valence-electron chi connectivity index (χ1n) is 7.42. The maximum Gasteiger partial charge on any atom is 0.256 e. The number of benzene rings is 2. The number of hydrogen-bond acceptors (Lipinski definition) is 4. The fraction of sp³-hybridized carbons (Fsp3) is 0.111. The number of thioether (sulfide) groups is 1. The van der Waals surface area contributed by atoms with Crippen molar-refractivity contribution >= 4 is 46.6 Å². The van der Waals surface area contributed by atoms with Gasteiger partial charge in [0.2, 0.25) is 5.91 Å². The van der Waals surface area contributed by atoms with Crippen molar-refractivity contribution < 1.29 is 9.21 Å². The van der Waals surface area contributed by atoms with Crippen LogP contribution in [0.3, 0.4) is 0 Å². The molecule has 3 aromatic rings. The van der Waals surface area contributed by atoms with Crippen molar-refractivity contribution in [1.29, 1.82) is 0 Å². The number of aromatic nitrogens is 1. The van der Waals surface area contributed by atoms with E-state index in [4.69, 9.17) is 27.6 Å². The van der Waals surface area contributed by atoms with Gasteiger partial charge in [0.15, 0.2) is 5.76 Å². The van der Waals surface area contributed by atoms with Gasteiger partial charge in [0.1, 0.15) is 0 Å². The van der Waals surface area contributed by atoms with Gasteiger partial charge in [-0.15, -0.1) is 0 Å². The lowest BCUT2D eigenvalue weighted by Gasteiger charge is -2.07. The molecule has 0 saturated heterocycles. The summed E-state index contributed by atoms with van der Waals surface area (Å²) in [5.41, 5.74) is 2.48. The molecule has 3 rings (SSSR count). The Hall–Kier alpha value is -1.95. The molecule has 0 saturated carbocycles. The fourth-order valence-corrected chi connectivity index (χ4v) is 3.11. The smallest absolute Gasteiger partial charge is 0.256 e. The molecule has 128 valence electrons. The summed E-state index contributed by atoms with van der Waals surface area (Å²) < 4.78 is 5.66. The van der Waals surface area contributed by atoms with Gasteiger partial charge in [-0.05, 0) is 36.8 Å². The van der Waals surface area contributed by atoms with Crippen molar-refractivity contribution in [3.63, 3.8) is 0 Å². The number of carbonyl (C=O) groups is 1. The van der Waals surface area contributed by atoms with Crippen molar-refractivity contribution in [2.75, 3.05) is 11.1 Å². The molecule has 2 aromatic carbocycles. The second kappa shape index (κ2) is 7.95. The highest BCUT2D eigenvalue weighted by molar-refractivity contribution is 7.99. The lowest BCUT2D eigenvalue weighted by molar-refractivity contribution is -0.113. The van der Waals surface area contributed by atoms with Crippen molar-refractivity contribution in [3.05, 3.63) is 64.3 Å². The average Bonchev–Trinajstić information content (AvgIpc) is 3.05. The number of hydrogen-bond donors (Lipinski definition) is 1. The van der Waals surface area contributed by atoms with Crippen molar-refractivity contribution in [1.82, 2.24) is 4.98 Å². The molecule has 1 amide bonds. The number of anilines is 1. The summed E-state index contributed by atoms with van der Waals surface area (Å²) >= 11 is 13.2. The number of amides is 1. The number of halogens is 2. The van der Waals surface area contributed by atoms with E-state index < -0.39 is 0 Å². The van der Waals surface area contributed by atoms with E-state index in [-0.39, 0.29) is 11.7 Å². The molecule has 1 N–H and O–H groups in total. The Morgan fingerprint density at radius 1 is 1.20 bits per heavy atom. The predicted octanol–water partition coefficient (Wildman–Crippen LogP) is 5.69. The molecule has 0 aliphatic heterocycles. The van der Waals surface area contributed by atoms with Crippen LogP contribution in [-0.4, -0.2) is 16.6 Å². The standard InChI is InChI=1S/C18H14Cl2N2O2S/c1-11-5-6-14(20)8-15(11)22-17(23)10-25-18-21-9-16(24-18)12-3-2-4-13(19)7-12/h2-9H,10H2,1H3,(H,22,23). The van der Waals surface area contributed by atoms with E-state index >= 15 is 0 Å². The number of aryl methyl sites for hydroxylation is 1. The maximum atomic E-state index is 12.1. The molecular weight excluding hydrogens is 379 g/mol. The summed E-state index contributed by atoms with van der Waals surface area (Å²) in [6, 6.07) is 12.7. The van der Waals surface area contributed by atoms with Gasteiger partial charge in [-0.2, -0.15) is 0 Å². The number of nitrogens with one attached hydrogen (secondary N) is 1. The molecule has 0 atom stereocenters. The second-order valence-corrected chi connectivity index (χ2v) is 7.10. The number of carbonyl (C=O) groups excluding carboxylic acids is 1. The van der Waals surface area contributed by atoms with E-state index in [2.05, 4.69) is 10.3 Å². The summed E-state index contributed by atoms with van der Waals surface area (Å²) in [5, 5.41) is 4.46. The number of nitrogens with zero attached hydrogens (tertiary/aromatic N) is 1. The van der Waals surface area contributed by atoms with Gasteiger partial charge in [-0.1, -0.05) is 53.2 Å². The Morgan fingerprint density at radius 2 is 2.00 bits per heavy atom. The molecule has 7 heteroatoms.